The minimum Gasteiger partial charge on any atom is -0.439 e. The number of aryl methyl sites for hydroxylation is 1. The van der Waals surface area contributed by atoms with Gasteiger partial charge in [-0.05, 0) is 42.6 Å². The number of nitrogens with zero attached hydrogens (tertiary/aromatic N) is 1. The summed E-state index contributed by atoms with van der Waals surface area (Å²) in [6.45, 7) is 2.82. The smallest absolute Gasteiger partial charge is 0.219 e. The SMILES string of the molecule is CCCc1ccc(Oc2ccc(CCN)cn2)cc1. The maximum absolute atomic E-state index is 5.70. The quantitative estimate of drug-likeness (QED) is 0.862. The van der Waals surface area contributed by atoms with Gasteiger partial charge in [-0.15, -0.1) is 0 Å². The minimum atomic E-state index is 0.615. The van der Waals surface area contributed by atoms with Gasteiger partial charge in [0.2, 0.25) is 5.88 Å². The van der Waals surface area contributed by atoms with Crippen molar-refractivity contribution in [2.75, 3.05) is 6.54 Å². The number of hydrogen-bond donors (Lipinski definition) is 1. The minimum absolute atomic E-state index is 0.615. The second-order valence-electron chi connectivity index (χ2n) is 4.54. The standard InChI is InChI=1S/C16H20N2O/c1-2-3-13-4-7-15(8-5-13)19-16-9-6-14(10-11-17)12-18-16/h4-9,12H,2-3,10-11,17H2,1H3. The van der Waals surface area contributed by atoms with Crippen molar-refractivity contribution in [2.45, 2.75) is 26.2 Å². The third-order valence-electron chi connectivity index (χ3n) is 2.92. The van der Waals surface area contributed by atoms with E-state index in [0.717, 1.165) is 30.6 Å². The van der Waals surface area contributed by atoms with E-state index in [9.17, 15) is 0 Å². The van der Waals surface area contributed by atoms with Gasteiger partial charge >= 0.3 is 0 Å². The van der Waals surface area contributed by atoms with E-state index >= 15 is 0 Å². The zero-order chi connectivity index (χ0) is 13.5. The van der Waals surface area contributed by atoms with Crippen molar-refractivity contribution >= 4 is 0 Å². The molecular formula is C16H20N2O. The molecule has 100 valence electrons. The van der Waals surface area contributed by atoms with Crippen molar-refractivity contribution in [3.63, 3.8) is 0 Å². The molecule has 0 bridgehead atoms. The maximum atomic E-state index is 5.70. The molecule has 0 fully saturated rings. The fraction of sp³-hybridized carbons (Fsp3) is 0.312. The summed E-state index contributed by atoms with van der Waals surface area (Å²) >= 11 is 0. The molecule has 3 nitrogen and oxygen atoms in total. The van der Waals surface area contributed by atoms with Gasteiger partial charge in [-0.2, -0.15) is 0 Å². The molecule has 0 atom stereocenters. The van der Waals surface area contributed by atoms with Crippen LogP contribution in [0.1, 0.15) is 24.5 Å². The third kappa shape index (κ3) is 4.07. The Morgan fingerprint density at radius 1 is 1.00 bits per heavy atom. The molecule has 2 rings (SSSR count). The summed E-state index contributed by atoms with van der Waals surface area (Å²) in [6, 6.07) is 12.1. The Kier molecular flexibility index (Phi) is 4.93. The fourth-order valence-electron chi connectivity index (χ4n) is 1.92. The van der Waals surface area contributed by atoms with E-state index < -0.39 is 0 Å². The number of rotatable bonds is 6. The normalized spacial score (nSPS) is 10.4. The molecule has 1 heterocycles. The van der Waals surface area contributed by atoms with E-state index in [0.29, 0.717) is 12.4 Å². The highest BCUT2D eigenvalue weighted by molar-refractivity contribution is 5.31. The highest BCUT2D eigenvalue weighted by atomic mass is 16.5. The molecule has 0 spiro atoms. The van der Waals surface area contributed by atoms with E-state index in [2.05, 4.69) is 24.0 Å². The van der Waals surface area contributed by atoms with Crippen LogP contribution in [0.3, 0.4) is 0 Å². The van der Waals surface area contributed by atoms with Crippen molar-refractivity contribution in [3.05, 3.63) is 53.7 Å². The predicted octanol–water partition coefficient (Wildman–Crippen LogP) is 3.33. The van der Waals surface area contributed by atoms with Gasteiger partial charge in [0, 0.05) is 12.3 Å². The summed E-state index contributed by atoms with van der Waals surface area (Å²) in [4.78, 5) is 4.27. The molecule has 2 aromatic rings. The molecule has 0 saturated heterocycles. The van der Waals surface area contributed by atoms with Crippen LogP contribution in [0.5, 0.6) is 11.6 Å². The van der Waals surface area contributed by atoms with Crippen LogP contribution in [0.15, 0.2) is 42.6 Å². The topological polar surface area (TPSA) is 48.1 Å². The van der Waals surface area contributed by atoms with Crippen LogP contribution in [0.2, 0.25) is 0 Å². The Hall–Kier alpha value is -1.87. The average molecular weight is 256 g/mol. The maximum Gasteiger partial charge on any atom is 0.219 e. The molecule has 0 saturated carbocycles. The van der Waals surface area contributed by atoms with Crippen LogP contribution in [0.4, 0.5) is 0 Å². The van der Waals surface area contributed by atoms with Gasteiger partial charge in [0.15, 0.2) is 0 Å². The number of pyridine rings is 1. The lowest BCUT2D eigenvalue weighted by Gasteiger charge is -2.06. The van der Waals surface area contributed by atoms with Crippen molar-refractivity contribution in [2.24, 2.45) is 5.73 Å². The van der Waals surface area contributed by atoms with Crippen molar-refractivity contribution in [1.82, 2.24) is 4.98 Å². The fourth-order valence-corrected chi connectivity index (χ4v) is 1.92. The molecule has 0 aliphatic rings. The lowest BCUT2D eigenvalue weighted by atomic mass is 10.1. The Balaban J connectivity index is 1.99. The first-order chi connectivity index (χ1) is 9.31. The number of benzene rings is 1. The first kappa shape index (κ1) is 13.6. The van der Waals surface area contributed by atoms with Gasteiger partial charge in [0.1, 0.15) is 5.75 Å². The average Bonchev–Trinajstić information content (AvgIpc) is 2.44. The van der Waals surface area contributed by atoms with Crippen LogP contribution < -0.4 is 10.5 Å². The molecule has 0 amide bonds. The Morgan fingerprint density at radius 2 is 1.74 bits per heavy atom. The summed E-state index contributed by atoms with van der Waals surface area (Å²) < 4.78 is 5.70. The van der Waals surface area contributed by atoms with Gasteiger partial charge in [0.25, 0.3) is 0 Å². The van der Waals surface area contributed by atoms with Gasteiger partial charge < -0.3 is 10.5 Å². The van der Waals surface area contributed by atoms with Gasteiger partial charge in [0.05, 0.1) is 0 Å². The molecule has 1 aromatic carbocycles. The number of hydrogen-bond acceptors (Lipinski definition) is 3. The van der Waals surface area contributed by atoms with Crippen LogP contribution in [0, 0.1) is 0 Å². The lowest BCUT2D eigenvalue weighted by Crippen LogP contribution is -2.02. The first-order valence-electron chi connectivity index (χ1n) is 6.73. The second-order valence-corrected chi connectivity index (χ2v) is 4.54. The van der Waals surface area contributed by atoms with Crippen molar-refractivity contribution < 1.29 is 4.74 Å². The molecule has 19 heavy (non-hydrogen) atoms. The van der Waals surface area contributed by atoms with E-state index in [1.54, 1.807) is 0 Å². The highest BCUT2D eigenvalue weighted by Gasteiger charge is 2.00. The van der Waals surface area contributed by atoms with E-state index in [1.807, 2.05) is 30.5 Å². The first-order valence-corrected chi connectivity index (χ1v) is 6.73. The number of ether oxygens (including phenoxy) is 1. The number of nitrogens with two attached hydrogens (primary N) is 1. The number of aromatic nitrogens is 1. The van der Waals surface area contributed by atoms with E-state index in [-0.39, 0.29) is 0 Å². The summed E-state index contributed by atoms with van der Waals surface area (Å²) in [6.07, 6.45) is 4.92. The molecule has 2 N–H and O–H groups in total. The van der Waals surface area contributed by atoms with Crippen LogP contribution in [-0.4, -0.2) is 11.5 Å². The zero-order valence-corrected chi connectivity index (χ0v) is 11.3. The molecule has 0 radical (unpaired) electrons. The summed E-state index contributed by atoms with van der Waals surface area (Å²) in [5, 5.41) is 0. The van der Waals surface area contributed by atoms with E-state index in [4.69, 9.17) is 10.5 Å². The van der Waals surface area contributed by atoms with E-state index in [1.165, 1.54) is 5.56 Å². The third-order valence-corrected chi connectivity index (χ3v) is 2.92. The second kappa shape index (κ2) is 6.90. The van der Waals surface area contributed by atoms with Crippen LogP contribution in [0.25, 0.3) is 0 Å². The highest BCUT2D eigenvalue weighted by Crippen LogP contribution is 2.20. The molecule has 1 aromatic heterocycles. The predicted molar refractivity (Wildman–Crippen MR) is 77.5 cm³/mol. The van der Waals surface area contributed by atoms with Crippen LogP contribution in [-0.2, 0) is 12.8 Å². The Bertz CT molecular complexity index is 444. The van der Waals surface area contributed by atoms with Gasteiger partial charge in [-0.25, -0.2) is 4.98 Å². The van der Waals surface area contributed by atoms with Crippen molar-refractivity contribution in [3.8, 4) is 11.6 Å². The molecule has 0 unspecified atom stereocenters. The summed E-state index contributed by atoms with van der Waals surface area (Å²) in [5.74, 6) is 1.43. The molecule has 3 heteroatoms. The summed E-state index contributed by atoms with van der Waals surface area (Å²) in [7, 11) is 0. The zero-order valence-electron chi connectivity index (χ0n) is 11.3. The van der Waals surface area contributed by atoms with Gasteiger partial charge in [-0.3, -0.25) is 0 Å². The van der Waals surface area contributed by atoms with Crippen LogP contribution >= 0.6 is 0 Å². The monoisotopic (exact) mass is 256 g/mol. The Labute approximate surface area is 114 Å². The summed E-state index contributed by atoms with van der Waals surface area (Å²) in [5.41, 5.74) is 7.97. The Morgan fingerprint density at radius 3 is 2.32 bits per heavy atom. The lowest BCUT2D eigenvalue weighted by molar-refractivity contribution is 0.462. The molecular weight excluding hydrogens is 236 g/mol. The largest absolute Gasteiger partial charge is 0.439 e. The van der Waals surface area contributed by atoms with Crippen molar-refractivity contribution in [1.29, 1.82) is 0 Å². The van der Waals surface area contributed by atoms with Gasteiger partial charge in [-0.1, -0.05) is 31.5 Å². The molecule has 0 aliphatic carbocycles. The molecule has 0 aliphatic heterocycles.